The van der Waals surface area contributed by atoms with E-state index in [1.807, 2.05) is 24.5 Å². The first-order valence-electron chi connectivity index (χ1n) is 10.1. The number of nitrogens with zero attached hydrogens (tertiary/aromatic N) is 1. The van der Waals surface area contributed by atoms with Crippen molar-refractivity contribution in [3.8, 4) is 0 Å². The smallest absolute Gasteiger partial charge is 0.315 e. The summed E-state index contributed by atoms with van der Waals surface area (Å²) in [5.41, 5.74) is 1.41. The summed E-state index contributed by atoms with van der Waals surface area (Å²) >= 11 is 0. The van der Waals surface area contributed by atoms with Crippen LogP contribution in [0.3, 0.4) is 0 Å². The molecule has 4 aliphatic rings. The van der Waals surface area contributed by atoms with Crippen molar-refractivity contribution >= 4 is 5.97 Å². The van der Waals surface area contributed by atoms with Gasteiger partial charge >= 0.3 is 5.97 Å². The van der Waals surface area contributed by atoms with Gasteiger partial charge in [-0.3, -0.25) is 9.78 Å². The van der Waals surface area contributed by atoms with Crippen LogP contribution < -0.4 is 5.32 Å². The summed E-state index contributed by atoms with van der Waals surface area (Å²) in [6, 6.07) is 4.06. The molecule has 1 spiro atoms. The molecule has 2 saturated heterocycles. The first kappa shape index (κ1) is 16.7. The highest BCUT2D eigenvalue weighted by Gasteiger charge is 2.78. The van der Waals surface area contributed by atoms with Crippen LogP contribution in [0, 0.1) is 23.2 Å². The highest BCUT2D eigenvalue weighted by Crippen LogP contribution is 2.70. The number of aromatic nitrogens is 1. The van der Waals surface area contributed by atoms with Gasteiger partial charge in [0.25, 0.3) is 0 Å². The average Bonchev–Trinajstić information content (AvgIpc) is 3.30. The predicted octanol–water partition coefficient (Wildman–Crippen LogP) is 1.67. The van der Waals surface area contributed by atoms with Gasteiger partial charge in [-0.25, -0.2) is 0 Å². The molecule has 2 aliphatic carbocycles. The Balaban J connectivity index is 1.32. The van der Waals surface area contributed by atoms with Gasteiger partial charge in [0.2, 0.25) is 0 Å². The van der Waals surface area contributed by atoms with E-state index in [4.69, 9.17) is 9.47 Å². The molecule has 26 heavy (non-hydrogen) atoms. The Bertz CT molecular complexity index is 710. The Kier molecular flexibility index (Phi) is 3.70. The minimum Gasteiger partial charge on any atom is -0.462 e. The van der Waals surface area contributed by atoms with E-state index in [0.717, 1.165) is 19.5 Å². The molecule has 0 unspecified atom stereocenters. The number of ether oxygens (including phenoxy) is 2. The van der Waals surface area contributed by atoms with E-state index in [1.165, 1.54) is 24.8 Å². The predicted molar refractivity (Wildman–Crippen MR) is 94.9 cm³/mol. The summed E-state index contributed by atoms with van der Waals surface area (Å²) in [6.07, 6.45) is 8.60. The Morgan fingerprint density at radius 3 is 2.96 bits per heavy atom. The van der Waals surface area contributed by atoms with Gasteiger partial charge in [0.1, 0.15) is 24.2 Å². The fraction of sp³-hybridized carbons (Fsp3) is 0.714. The highest BCUT2D eigenvalue weighted by atomic mass is 16.6. The second kappa shape index (κ2) is 5.77. The van der Waals surface area contributed by atoms with Crippen LogP contribution in [0.4, 0.5) is 0 Å². The molecule has 2 saturated carbocycles. The van der Waals surface area contributed by atoms with Gasteiger partial charge < -0.3 is 14.8 Å². The van der Waals surface area contributed by atoms with Crippen LogP contribution in [0.5, 0.6) is 0 Å². The fourth-order valence-corrected chi connectivity index (χ4v) is 6.45. The number of rotatable bonds is 4. The third-order valence-corrected chi connectivity index (χ3v) is 7.74. The third-order valence-electron chi connectivity index (χ3n) is 7.74. The summed E-state index contributed by atoms with van der Waals surface area (Å²) in [5.74, 6) is 0.783. The van der Waals surface area contributed by atoms with E-state index < -0.39 is 0 Å². The Labute approximate surface area is 154 Å². The van der Waals surface area contributed by atoms with Gasteiger partial charge in [-0.2, -0.15) is 0 Å². The van der Waals surface area contributed by atoms with Gasteiger partial charge in [-0.1, -0.05) is 20.3 Å². The van der Waals surface area contributed by atoms with E-state index >= 15 is 0 Å². The van der Waals surface area contributed by atoms with Crippen molar-refractivity contribution in [3.05, 3.63) is 30.1 Å². The number of hydrogen-bond donors (Lipinski definition) is 1. The van der Waals surface area contributed by atoms with Crippen LogP contribution in [0.1, 0.15) is 45.1 Å². The number of hydrogen-bond acceptors (Lipinski definition) is 4. The molecule has 4 fully saturated rings. The fourth-order valence-electron chi connectivity index (χ4n) is 6.45. The lowest BCUT2D eigenvalue weighted by Crippen LogP contribution is -2.84. The molecule has 0 amide bonds. The molecule has 5 heteroatoms. The standard InChI is InChI=1S/C21H28N2O3/c1-13-4-3-7-20(2)10-16-17(18-21(13,20)26-18)15(19(24)25-16)12-23-11-14-5-8-22-9-6-14/h5-6,8-9,13,15-18,23H,3-4,7,10-12H2,1-2H3/p+1/t13-,15+,16+,17+,18-,20+,21-/m0/s1. The molecule has 140 valence electrons. The lowest BCUT2D eigenvalue weighted by Gasteiger charge is -2.48. The largest absolute Gasteiger partial charge is 0.462 e. The van der Waals surface area contributed by atoms with E-state index in [0.29, 0.717) is 5.92 Å². The van der Waals surface area contributed by atoms with Crippen molar-refractivity contribution in [3.63, 3.8) is 0 Å². The molecule has 2 aliphatic heterocycles. The SMILES string of the molecule is C[C@H]1CCC[C@]2(C)C[C@H]3OC(=O)[C@H](C[NH2+]Cc4ccncc4)[C@H]3[C@@H]3O[C@@]132. The van der Waals surface area contributed by atoms with Gasteiger partial charge in [0, 0.05) is 29.3 Å². The first-order chi connectivity index (χ1) is 12.6. The third kappa shape index (κ3) is 2.23. The molecule has 5 nitrogen and oxygen atoms in total. The minimum atomic E-state index is -0.0371. The molecular weight excluding hydrogens is 328 g/mol. The molecule has 0 aromatic carbocycles. The maximum atomic E-state index is 12.6. The normalized spacial score (nSPS) is 46.1. The minimum absolute atomic E-state index is 0.00372. The van der Waals surface area contributed by atoms with Gasteiger partial charge in [-0.05, 0) is 37.3 Å². The Hall–Kier alpha value is -1.46. The molecule has 5 rings (SSSR count). The summed E-state index contributed by atoms with van der Waals surface area (Å²) < 4.78 is 12.4. The number of pyridine rings is 1. The van der Waals surface area contributed by atoms with Crippen LogP contribution in [0.15, 0.2) is 24.5 Å². The number of carbonyl (C=O) groups is 1. The van der Waals surface area contributed by atoms with Gasteiger partial charge in [0.15, 0.2) is 0 Å². The summed E-state index contributed by atoms with van der Waals surface area (Å²) in [6.45, 7) is 6.37. The lowest BCUT2D eigenvalue weighted by molar-refractivity contribution is -0.675. The van der Waals surface area contributed by atoms with Crippen LogP contribution >= 0.6 is 0 Å². The molecule has 1 aromatic rings. The van der Waals surface area contributed by atoms with E-state index in [2.05, 4.69) is 24.1 Å². The first-order valence-corrected chi connectivity index (χ1v) is 10.1. The number of quaternary nitrogens is 1. The maximum Gasteiger partial charge on any atom is 0.315 e. The maximum absolute atomic E-state index is 12.6. The van der Waals surface area contributed by atoms with E-state index in [9.17, 15) is 4.79 Å². The van der Waals surface area contributed by atoms with Gasteiger partial charge in [0.05, 0.1) is 12.6 Å². The summed E-state index contributed by atoms with van der Waals surface area (Å²) in [7, 11) is 0. The van der Waals surface area contributed by atoms with Crippen molar-refractivity contribution in [2.24, 2.45) is 23.2 Å². The van der Waals surface area contributed by atoms with Crippen LogP contribution in [0.25, 0.3) is 0 Å². The number of carbonyl (C=O) groups excluding carboxylic acids is 1. The topological polar surface area (TPSA) is 68.3 Å². The molecular formula is C21H29N2O3+. The zero-order valence-electron chi connectivity index (χ0n) is 15.7. The number of nitrogens with two attached hydrogens (primary N) is 1. The van der Waals surface area contributed by atoms with Gasteiger partial charge in [-0.15, -0.1) is 0 Å². The monoisotopic (exact) mass is 357 g/mol. The van der Waals surface area contributed by atoms with Crippen molar-refractivity contribution in [1.29, 1.82) is 0 Å². The van der Waals surface area contributed by atoms with Crippen molar-refractivity contribution < 1.29 is 19.6 Å². The second-order valence-corrected chi connectivity index (χ2v) is 9.13. The Morgan fingerprint density at radius 2 is 2.15 bits per heavy atom. The van der Waals surface area contributed by atoms with Crippen molar-refractivity contribution in [2.75, 3.05) is 6.54 Å². The zero-order chi connectivity index (χ0) is 17.9. The van der Waals surface area contributed by atoms with Crippen LogP contribution in [0.2, 0.25) is 0 Å². The zero-order valence-corrected chi connectivity index (χ0v) is 15.7. The second-order valence-electron chi connectivity index (χ2n) is 9.13. The highest BCUT2D eigenvalue weighted by molar-refractivity contribution is 5.76. The number of epoxide rings is 1. The molecule has 2 N–H and O–H groups in total. The molecule has 3 heterocycles. The molecule has 0 radical (unpaired) electrons. The Morgan fingerprint density at radius 1 is 1.35 bits per heavy atom. The summed E-state index contributed by atoms with van der Waals surface area (Å²) in [5, 5.41) is 2.23. The molecule has 7 atom stereocenters. The van der Waals surface area contributed by atoms with Crippen molar-refractivity contribution in [2.45, 2.75) is 63.9 Å². The average molecular weight is 357 g/mol. The summed E-state index contributed by atoms with van der Waals surface area (Å²) in [4.78, 5) is 16.7. The van der Waals surface area contributed by atoms with Crippen LogP contribution in [-0.4, -0.2) is 35.3 Å². The van der Waals surface area contributed by atoms with Crippen LogP contribution in [-0.2, 0) is 20.8 Å². The quantitative estimate of drug-likeness (QED) is 0.657. The van der Waals surface area contributed by atoms with E-state index in [-0.39, 0.29) is 41.0 Å². The van der Waals surface area contributed by atoms with Crippen molar-refractivity contribution in [1.82, 2.24) is 4.98 Å². The van der Waals surface area contributed by atoms with E-state index in [1.54, 1.807) is 0 Å². The number of fused-ring (bicyclic) bond motifs is 2. The lowest BCUT2D eigenvalue weighted by atomic mass is 9.53. The molecule has 1 aromatic heterocycles. The molecule has 0 bridgehead atoms. The number of esters is 1.